The number of nitrogens with zero attached hydrogens (tertiary/aromatic N) is 6. The summed E-state index contributed by atoms with van der Waals surface area (Å²) in [6.45, 7) is 3.10. The standard InChI is InChI=1S/C28H23N7O3S/c1-16-32-25-9-22(26-31-13-21(12-30)39-26)24(33-19-6-7-34-20(8-19)15-38-28(34)37)10-23(25)27(36)35(16)14-18-4-2-17(11-29)3-5-18/h2-5,9-10,13,19-20,33H,6-8,14-15H2,1H3/t19-,20-/m0/s1. The van der Waals surface area contributed by atoms with Crippen LogP contribution < -0.4 is 10.9 Å². The Morgan fingerprint density at radius 1 is 1.18 bits per heavy atom. The number of aryl methyl sites for hydroxylation is 1. The summed E-state index contributed by atoms with van der Waals surface area (Å²) in [7, 11) is 0. The summed E-state index contributed by atoms with van der Waals surface area (Å²) in [5, 5.41) is 23.2. The van der Waals surface area contributed by atoms with E-state index < -0.39 is 0 Å². The van der Waals surface area contributed by atoms with Gasteiger partial charge in [0.25, 0.3) is 5.56 Å². The third-order valence-electron chi connectivity index (χ3n) is 7.26. The van der Waals surface area contributed by atoms with Crippen molar-refractivity contribution >= 4 is 34.0 Å². The van der Waals surface area contributed by atoms with Gasteiger partial charge in [0.2, 0.25) is 0 Å². The molecular weight excluding hydrogens is 514 g/mol. The van der Waals surface area contributed by atoms with Gasteiger partial charge >= 0.3 is 6.09 Å². The maximum absolute atomic E-state index is 13.7. The first kappa shape index (κ1) is 24.6. The van der Waals surface area contributed by atoms with Crippen molar-refractivity contribution in [2.45, 2.75) is 38.4 Å². The largest absolute Gasteiger partial charge is 0.447 e. The molecule has 194 valence electrons. The molecule has 0 radical (unpaired) electrons. The monoisotopic (exact) mass is 537 g/mol. The van der Waals surface area contributed by atoms with Crippen LogP contribution >= 0.6 is 11.3 Å². The van der Waals surface area contributed by atoms with E-state index in [0.29, 0.717) is 51.9 Å². The average Bonchev–Trinajstić information content (AvgIpc) is 3.58. The Labute approximate surface area is 227 Å². The molecule has 2 aliphatic rings. The van der Waals surface area contributed by atoms with Crippen LogP contribution in [-0.2, 0) is 11.3 Å². The van der Waals surface area contributed by atoms with Crippen LogP contribution in [0.2, 0.25) is 0 Å². The fraction of sp³-hybridized carbons (Fsp3) is 0.286. The first-order valence-corrected chi connectivity index (χ1v) is 13.4. The first-order chi connectivity index (χ1) is 18.9. The van der Waals surface area contributed by atoms with E-state index in [1.165, 1.54) is 11.3 Å². The van der Waals surface area contributed by atoms with Crippen LogP contribution in [0, 0.1) is 29.6 Å². The fourth-order valence-electron chi connectivity index (χ4n) is 5.23. The molecule has 2 atom stereocenters. The van der Waals surface area contributed by atoms with Gasteiger partial charge in [-0.2, -0.15) is 10.5 Å². The van der Waals surface area contributed by atoms with E-state index in [1.54, 1.807) is 34.7 Å². The molecule has 10 nitrogen and oxygen atoms in total. The van der Waals surface area contributed by atoms with Gasteiger partial charge in [0, 0.05) is 23.8 Å². The number of aromatic nitrogens is 3. The Morgan fingerprint density at radius 2 is 2.00 bits per heavy atom. The van der Waals surface area contributed by atoms with E-state index in [9.17, 15) is 14.9 Å². The molecule has 0 aliphatic carbocycles. The summed E-state index contributed by atoms with van der Waals surface area (Å²) < 4.78 is 6.85. The topological polar surface area (TPSA) is 137 Å². The van der Waals surface area contributed by atoms with Crippen LogP contribution in [-0.4, -0.2) is 50.8 Å². The number of hydrogen-bond donors (Lipinski definition) is 1. The molecular formula is C28H23N7O3S. The molecule has 4 heterocycles. The number of fused-ring (bicyclic) bond motifs is 2. The molecule has 39 heavy (non-hydrogen) atoms. The smallest absolute Gasteiger partial charge is 0.410 e. The molecule has 2 saturated heterocycles. The van der Waals surface area contributed by atoms with Gasteiger partial charge in [-0.15, -0.1) is 11.3 Å². The molecule has 4 aromatic rings. The Hall–Kier alpha value is -4.74. The van der Waals surface area contributed by atoms with E-state index in [2.05, 4.69) is 22.4 Å². The maximum Gasteiger partial charge on any atom is 0.410 e. The van der Waals surface area contributed by atoms with Crippen molar-refractivity contribution in [1.82, 2.24) is 19.4 Å². The zero-order valence-electron chi connectivity index (χ0n) is 21.0. The van der Waals surface area contributed by atoms with Crippen LogP contribution in [0.25, 0.3) is 21.5 Å². The van der Waals surface area contributed by atoms with Crippen molar-refractivity contribution in [3.63, 3.8) is 0 Å². The molecule has 2 aliphatic heterocycles. The van der Waals surface area contributed by atoms with Gasteiger partial charge in [-0.1, -0.05) is 12.1 Å². The zero-order chi connectivity index (χ0) is 27.1. The lowest BCUT2D eigenvalue weighted by Gasteiger charge is -2.33. The summed E-state index contributed by atoms with van der Waals surface area (Å²) in [4.78, 5) is 37.2. The Balaban J connectivity index is 1.41. The number of ether oxygens (including phenoxy) is 1. The Morgan fingerprint density at radius 3 is 2.74 bits per heavy atom. The number of carbonyl (C=O) groups is 1. The lowest BCUT2D eigenvalue weighted by molar-refractivity contribution is 0.153. The minimum absolute atomic E-state index is 0.0201. The number of anilines is 1. The normalized spacial score (nSPS) is 18.3. The van der Waals surface area contributed by atoms with Gasteiger partial charge in [-0.25, -0.2) is 14.8 Å². The van der Waals surface area contributed by atoms with Crippen molar-refractivity contribution in [3.8, 4) is 22.7 Å². The highest BCUT2D eigenvalue weighted by atomic mass is 32.1. The number of rotatable bonds is 5. The van der Waals surface area contributed by atoms with Crippen molar-refractivity contribution in [2.24, 2.45) is 0 Å². The number of nitrogens with one attached hydrogen (secondary N) is 1. The molecule has 2 aromatic carbocycles. The van der Waals surface area contributed by atoms with Crippen LogP contribution in [0.15, 0.2) is 47.4 Å². The summed E-state index contributed by atoms with van der Waals surface area (Å²) in [6.07, 6.45) is 2.74. The van der Waals surface area contributed by atoms with E-state index in [0.717, 1.165) is 29.7 Å². The van der Waals surface area contributed by atoms with Crippen molar-refractivity contribution in [2.75, 3.05) is 18.5 Å². The molecule has 0 unspecified atom stereocenters. The number of hydrogen-bond acceptors (Lipinski definition) is 9. The van der Waals surface area contributed by atoms with Crippen molar-refractivity contribution in [1.29, 1.82) is 10.5 Å². The highest BCUT2D eigenvalue weighted by Gasteiger charge is 2.38. The predicted octanol–water partition coefficient (Wildman–Crippen LogP) is 4.02. The summed E-state index contributed by atoms with van der Waals surface area (Å²) in [5.41, 5.74) is 3.33. The van der Waals surface area contributed by atoms with Gasteiger partial charge < -0.3 is 15.0 Å². The third-order valence-corrected chi connectivity index (χ3v) is 8.20. The lowest BCUT2D eigenvalue weighted by atomic mass is 9.97. The number of benzene rings is 2. The maximum atomic E-state index is 13.7. The van der Waals surface area contributed by atoms with E-state index in [1.807, 2.05) is 24.3 Å². The molecule has 2 aromatic heterocycles. The minimum Gasteiger partial charge on any atom is -0.447 e. The van der Waals surface area contributed by atoms with Crippen LogP contribution in [0.5, 0.6) is 0 Å². The number of carbonyl (C=O) groups excluding carboxylic acids is 1. The number of amides is 1. The van der Waals surface area contributed by atoms with E-state index >= 15 is 0 Å². The second kappa shape index (κ2) is 9.86. The Kier molecular flexibility index (Phi) is 6.21. The second-order valence-electron chi connectivity index (χ2n) is 9.71. The van der Waals surface area contributed by atoms with E-state index in [4.69, 9.17) is 15.0 Å². The second-order valence-corrected chi connectivity index (χ2v) is 10.7. The van der Waals surface area contributed by atoms with Gasteiger partial charge in [0.05, 0.1) is 41.3 Å². The highest BCUT2D eigenvalue weighted by Crippen LogP contribution is 2.36. The predicted molar refractivity (Wildman–Crippen MR) is 145 cm³/mol. The van der Waals surface area contributed by atoms with Gasteiger partial charge in [0.1, 0.15) is 28.4 Å². The molecule has 1 amide bonds. The van der Waals surface area contributed by atoms with Crippen LogP contribution in [0.4, 0.5) is 10.5 Å². The Bertz CT molecular complexity index is 1750. The quantitative estimate of drug-likeness (QED) is 0.403. The van der Waals surface area contributed by atoms with Crippen molar-refractivity contribution < 1.29 is 9.53 Å². The summed E-state index contributed by atoms with van der Waals surface area (Å²) in [6, 6.07) is 15.1. The third kappa shape index (κ3) is 4.58. The lowest BCUT2D eigenvalue weighted by Crippen LogP contribution is -2.45. The molecule has 0 saturated carbocycles. The molecule has 1 N–H and O–H groups in total. The number of cyclic esters (lactones) is 1. The number of piperidine rings is 1. The molecule has 0 spiro atoms. The SMILES string of the molecule is Cc1nc2cc(-c3ncc(C#N)s3)c(N[C@H]3CCN4C(=O)OC[C@@H]4C3)cc2c(=O)n1Cc1ccc(C#N)cc1. The molecule has 11 heteroatoms. The number of thiazole rings is 1. The average molecular weight is 538 g/mol. The fourth-order valence-corrected chi connectivity index (χ4v) is 5.97. The summed E-state index contributed by atoms with van der Waals surface area (Å²) in [5.74, 6) is 0.568. The van der Waals surface area contributed by atoms with Gasteiger partial charge in [-0.05, 0) is 49.6 Å². The molecule has 0 bridgehead atoms. The first-order valence-electron chi connectivity index (χ1n) is 12.5. The van der Waals surface area contributed by atoms with Crippen LogP contribution in [0.1, 0.15) is 34.7 Å². The summed E-state index contributed by atoms with van der Waals surface area (Å²) >= 11 is 1.28. The van der Waals surface area contributed by atoms with Crippen LogP contribution in [0.3, 0.4) is 0 Å². The zero-order valence-corrected chi connectivity index (χ0v) is 21.9. The minimum atomic E-state index is -0.263. The molecule has 2 fully saturated rings. The highest BCUT2D eigenvalue weighted by molar-refractivity contribution is 7.15. The van der Waals surface area contributed by atoms with Gasteiger partial charge in [0.15, 0.2) is 0 Å². The van der Waals surface area contributed by atoms with Crippen molar-refractivity contribution in [3.05, 3.63) is 74.8 Å². The molecule has 6 rings (SSSR count). The number of nitriles is 2. The van der Waals surface area contributed by atoms with Gasteiger partial charge in [-0.3, -0.25) is 9.36 Å². The van der Waals surface area contributed by atoms with E-state index in [-0.39, 0.29) is 23.7 Å².